The lowest BCUT2D eigenvalue weighted by atomic mass is 9.84. The Bertz CT molecular complexity index is 989. The Morgan fingerprint density at radius 1 is 1.04 bits per heavy atom. The lowest BCUT2D eigenvalue weighted by Gasteiger charge is -2.23. The number of hydrogen-bond donors (Lipinski definition) is 0. The number of rotatable bonds is 2. The van der Waals surface area contributed by atoms with E-state index >= 15 is 0 Å². The Hall–Kier alpha value is -2.09. The molecule has 0 aliphatic heterocycles. The molecule has 1 aromatic carbocycles. The first kappa shape index (κ1) is 19.7. The molecule has 1 saturated carbocycles. The number of alkyl halides is 3. The zero-order chi connectivity index (χ0) is 19.9. The Morgan fingerprint density at radius 2 is 1.67 bits per heavy atom. The van der Waals surface area contributed by atoms with Crippen LogP contribution in [0.25, 0.3) is 5.69 Å². The van der Waals surface area contributed by atoms with Gasteiger partial charge in [0.25, 0.3) is 5.56 Å². The van der Waals surface area contributed by atoms with E-state index in [9.17, 15) is 27.2 Å². The fraction of sp³-hybridized carbons (Fsp3) is 0.389. The quantitative estimate of drug-likeness (QED) is 0.704. The molecule has 4 nitrogen and oxygen atoms in total. The molecule has 0 atom stereocenters. The van der Waals surface area contributed by atoms with Crippen molar-refractivity contribution in [2.24, 2.45) is 7.05 Å². The first-order valence-corrected chi connectivity index (χ1v) is 8.74. The zero-order valence-electron chi connectivity index (χ0n) is 14.4. The summed E-state index contributed by atoms with van der Waals surface area (Å²) in [5.41, 5.74) is -3.83. The molecule has 0 amide bonds. The number of halogens is 5. The largest absolute Gasteiger partial charge is 0.431 e. The van der Waals surface area contributed by atoms with Gasteiger partial charge in [-0.05, 0) is 30.5 Å². The molecule has 2 aromatic rings. The topological polar surface area (TPSA) is 44.0 Å². The second-order valence-electron chi connectivity index (χ2n) is 6.49. The van der Waals surface area contributed by atoms with Gasteiger partial charge in [-0.25, -0.2) is 13.8 Å². The summed E-state index contributed by atoms with van der Waals surface area (Å²) in [6.07, 6.45) is -0.419. The number of aromatic nitrogens is 2. The highest BCUT2D eigenvalue weighted by Crippen LogP contribution is 2.37. The van der Waals surface area contributed by atoms with Crippen molar-refractivity contribution in [1.82, 2.24) is 9.13 Å². The maximum absolute atomic E-state index is 14.5. The van der Waals surface area contributed by atoms with Crippen LogP contribution in [0.3, 0.4) is 0 Å². The van der Waals surface area contributed by atoms with Crippen LogP contribution in [0, 0.1) is 11.7 Å². The van der Waals surface area contributed by atoms with Crippen molar-refractivity contribution in [1.29, 1.82) is 0 Å². The van der Waals surface area contributed by atoms with Gasteiger partial charge in [0, 0.05) is 24.1 Å². The van der Waals surface area contributed by atoms with Gasteiger partial charge in [-0.1, -0.05) is 30.9 Å². The molecule has 9 heteroatoms. The lowest BCUT2D eigenvalue weighted by molar-refractivity contribution is -0.144. The van der Waals surface area contributed by atoms with E-state index in [1.165, 1.54) is 6.07 Å². The summed E-state index contributed by atoms with van der Waals surface area (Å²) in [6.45, 7) is 0. The molecule has 1 aromatic heterocycles. The summed E-state index contributed by atoms with van der Waals surface area (Å²) >= 11 is 6.14. The summed E-state index contributed by atoms with van der Waals surface area (Å²) in [4.78, 5) is 24.6. The van der Waals surface area contributed by atoms with Gasteiger partial charge in [0.1, 0.15) is 11.5 Å². The molecule has 1 heterocycles. The molecule has 27 heavy (non-hydrogen) atoms. The molecule has 1 fully saturated rings. The van der Waals surface area contributed by atoms with Crippen LogP contribution >= 0.6 is 11.6 Å². The number of hydrogen-bond acceptors (Lipinski definition) is 2. The van der Waals surface area contributed by atoms with Crippen LogP contribution in [0.5, 0.6) is 0 Å². The average molecular weight is 404 g/mol. The van der Waals surface area contributed by atoms with Crippen LogP contribution in [0.15, 0.2) is 27.8 Å². The van der Waals surface area contributed by atoms with E-state index in [1.54, 1.807) is 0 Å². The molecule has 145 valence electrons. The van der Waals surface area contributed by atoms with Crippen LogP contribution in [-0.2, 0) is 13.2 Å². The highest BCUT2D eigenvalue weighted by Gasteiger charge is 2.35. The van der Waals surface area contributed by atoms with Crippen molar-refractivity contribution in [3.05, 3.63) is 67.1 Å². The third kappa shape index (κ3) is 3.67. The minimum atomic E-state index is -4.88. The van der Waals surface area contributed by atoms with Crippen molar-refractivity contribution in [3.63, 3.8) is 0 Å². The Labute approximate surface area is 157 Å². The van der Waals surface area contributed by atoms with Gasteiger partial charge in [0.2, 0.25) is 0 Å². The molecule has 0 bridgehead atoms. The zero-order valence-corrected chi connectivity index (χ0v) is 15.1. The van der Waals surface area contributed by atoms with Gasteiger partial charge in [-0.2, -0.15) is 13.2 Å². The summed E-state index contributed by atoms with van der Waals surface area (Å²) in [5.74, 6) is 0.0170. The molecule has 1 radical (unpaired) electrons. The van der Waals surface area contributed by atoms with Crippen molar-refractivity contribution in [2.75, 3.05) is 0 Å². The maximum Gasteiger partial charge on any atom is 0.431 e. The fourth-order valence-corrected chi connectivity index (χ4v) is 3.63. The molecule has 1 aliphatic rings. The van der Waals surface area contributed by atoms with E-state index in [2.05, 4.69) is 0 Å². The van der Waals surface area contributed by atoms with E-state index in [4.69, 9.17) is 11.6 Å². The van der Waals surface area contributed by atoms with Crippen molar-refractivity contribution in [3.8, 4) is 5.69 Å². The normalized spacial score (nSPS) is 15.9. The second kappa shape index (κ2) is 7.14. The third-order valence-corrected chi connectivity index (χ3v) is 5.04. The molecule has 0 unspecified atom stereocenters. The van der Waals surface area contributed by atoms with E-state index in [1.807, 2.05) is 0 Å². The molecule has 0 N–H and O–H groups in total. The smallest absolute Gasteiger partial charge is 0.292 e. The van der Waals surface area contributed by atoms with Gasteiger partial charge in [0.15, 0.2) is 0 Å². The average Bonchev–Trinajstić information content (AvgIpc) is 2.59. The second-order valence-corrected chi connectivity index (χ2v) is 6.90. The van der Waals surface area contributed by atoms with E-state index in [0.717, 1.165) is 51.1 Å². The minimum Gasteiger partial charge on any atom is -0.292 e. The summed E-state index contributed by atoms with van der Waals surface area (Å²) < 4.78 is 54.1. The van der Waals surface area contributed by atoms with Crippen LogP contribution in [0.4, 0.5) is 17.6 Å². The van der Waals surface area contributed by atoms with Crippen molar-refractivity contribution >= 4 is 11.6 Å². The molecule has 0 saturated heterocycles. The van der Waals surface area contributed by atoms with Crippen molar-refractivity contribution in [2.45, 2.75) is 38.3 Å². The minimum absolute atomic E-state index is 0.143. The Balaban J connectivity index is 2.21. The third-order valence-electron chi connectivity index (χ3n) is 4.73. The van der Waals surface area contributed by atoms with Crippen LogP contribution < -0.4 is 11.2 Å². The molecule has 0 spiro atoms. The molecular formula is C18H16ClF4N2O2. The predicted octanol–water partition coefficient (Wildman–Crippen LogP) is 4.23. The lowest BCUT2D eigenvalue weighted by Crippen LogP contribution is -2.41. The van der Waals surface area contributed by atoms with Crippen LogP contribution in [-0.4, -0.2) is 9.13 Å². The number of nitrogens with zero attached hydrogens (tertiary/aromatic N) is 2. The van der Waals surface area contributed by atoms with Gasteiger partial charge in [-0.15, -0.1) is 0 Å². The summed E-state index contributed by atoms with van der Waals surface area (Å²) in [5, 5.41) is 0.143. The van der Waals surface area contributed by atoms with E-state index in [0.29, 0.717) is 10.1 Å². The standard InChI is InChI=1S/C18H16ClF4N2O2/c1-24-15(18(21,22)23)9-16(26)25(17(24)27)14-7-11(12(19)8-13(14)20)10-5-3-2-4-6-10/h7-9H,2-6H2,1H3. The fourth-order valence-electron chi connectivity index (χ4n) is 3.35. The number of benzene rings is 1. The van der Waals surface area contributed by atoms with Gasteiger partial charge in [0.05, 0.1) is 5.69 Å². The predicted molar refractivity (Wildman–Crippen MR) is 92.7 cm³/mol. The van der Waals surface area contributed by atoms with Gasteiger partial charge >= 0.3 is 11.9 Å². The highest BCUT2D eigenvalue weighted by atomic mass is 35.5. The van der Waals surface area contributed by atoms with Crippen molar-refractivity contribution < 1.29 is 17.6 Å². The maximum atomic E-state index is 14.5. The van der Waals surface area contributed by atoms with Crippen LogP contribution in [0.2, 0.25) is 5.02 Å². The molecule has 3 rings (SSSR count). The van der Waals surface area contributed by atoms with E-state index in [-0.39, 0.29) is 15.7 Å². The van der Waals surface area contributed by atoms with Gasteiger partial charge in [-0.3, -0.25) is 9.36 Å². The van der Waals surface area contributed by atoms with Gasteiger partial charge < -0.3 is 0 Å². The SMILES string of the molecule is Cn1c(C(F)(F)F)cc(=O)n(-c2cc([C]3CCCCC3)c(Cl)cc2F)c1=O. The Kier molecular flexibility index (Phi) is 5.20. The first-order valence-electron chi connectivity index (χ1n) is 8.36. The highest BCUT2D eigenvalue weighted by molar-refractivity contribution is 6.31. The Morgan fingerprint density at radius 3 is 2.26 bits per heavy atom. The molecular weight excluding hydrogens is 388 g/mol. The monoisotopic (exact) mass is 403 g/mol. The van der Waals surface area contributed by atoms with E-state index < -0.39 is 34.6 Å². The first-order chi connectivity index (χ1) is 12.6. The summed E-state index contributed by atoms with van der Waals surface area (Å²) in [7, 11) is 0.881. The summed E-state index contributed by atoms with van der Waals surface area (Å²) in [6, 6.07) is 2.54. The molecule has 1 aliphatic carbocycles. The van der Waals surface area contributed by atoms with Crippen LogP contribution in [0.1, 0.15) is 43.4 Å².